The van der Waals surface area contributed by atoms with Crippen LogP contribution in [-0.2, 0) is 9.47 Å². The van der Waals surface area contributed by atoms with Crippen LogP contribution < -0.4 is 0 Å². The molecule has 1 aromatic rings. The first-order chi connectivity index (χ1) is 6.35. The van der Waals surface area contributed by atoms with E-state index in [0.29, 0.717) is 9.47 Å². The molecule has 0 fully saturated rings. The zero-order chi connectivity index (χ0) is 10.5. The molecule has 1 aromatic carbocycles. The Morgan fingerprint density at radius 1 is 1.15 bits per heavy atom. The predicted octanol–water partition coefficient (Wildman–Crippen LogP) is 4.29. The quantitative estimate of drug-likeness (QED) is 0.470. The normalized spacial score (nSPS) is 6.77. The minimum atomic E-state index is 0.628. The van der Waals surface area contributed by atoms with E-state index in [4.69, 9.17) is 0 Å². The molecule has 0 aliphatic heterocycles. The van der Waals surface area contributed by atoms with E-state index < -0.39 is 0 Å². The third kappa shape index (κ3) is 12.9. The first-order valence-electron chi connectivity index (χ1n) is 3.77. The fourth-order valence-corrected chi connectivity index (χ4v) is 0.532. The van der Waals surface area contributed by atoms with E-state index in [-0.39, 0.29) is 0 Å². The molecule has 0 amide bonds. The van der Waals surface area contributed by atoms with Crippen molar-refractivity contribution in [3.05, 3.63) is 35.9 Å². The van der Waals surface area contributed by atoms with Crippen molar-refractivity contribution in [2.75, 3.05) is 0 Å². The number of carbonyl (C=O) groups is 1. The van der Waals surface area contributed by atoms with Gasteiger partial charge in [0, 0.05) is 5.56 Å². The minimum absolute atomic E-state index is 0.628. The summed E-state index contributed by atoms with van der Waals surface area (Å²) in [4.78, 5) is 10.0. The Balaban J connectivity index is 0. The van der Waals surface area contributed by atoms with Crippen molar-refractivity contribution in [1.29, 1.82) is 0 Å². The van der Waals surface area contributed by atoms with Gasteiger partial charge in [0.15, 0.2) is 0 Å². The molecule has 0 unspecified atom stereocenters. The van der Waals surface area contributed by atoms with Gasteiger partial charge >= 0.3 is 49.4 Å². The standard InChI is InChI=1S/C7H6O.C2H6.2HI.V/c8-6-7-4-2-1-3-5-7;1-2;;;/h1-6H;1-2H3;2*1H;/q;;;;+2/p-2. The number of aldehydes is 1. The summed E-state index contributed by atoms with van der Waals surface area (Å²) in [7, 11) is 0.628. The Morgan fingerprint density at radius 3 is 1.77 bits per heavy atom. The topological polar surface area (TPSA) is 17.1 Å². The first-order valence-corrected chi connectivity index (χ1v) is 12.8. The summed E-state index contributed by atoms with van der Waals surface area (Å²) < 4.78 is 0. The van der Waals surface area contributed by atoms with Crippen molar-refractivity contribution >= 4 is 46.2 Å². The van der Waals surface area contributed by atoms with Gasteiger partial charge in [-0.2, -0.15) is 0 Å². The maximum absolute atomic E-state index is 10.0. The number of hydrogen-bond acceptors (Lipinski definition) is 1. The molecule has 1 nitrogen and oxygen atoms in total. The van der Waals surface area contributed by atoms with E-state index in [9.17, 15) is 4.79 Å². The van der Waals surface area contributed by atoms with Crippen LogP contribution in [0.15, 0.2) is 30.3 Å². The zero-order valence-electron chi connectivity index (χ0n) is 7.58. The van der Waals surface area contributed by atoms with Gasteiger partial charge in [0.1, 0.15) is 6.29 Å². The average molecular weight is 441 g/mol. The molecule has 0 aliphatic carbocycles. The van der Waals surface area contributed by atoms with Gasteiger partial charge in [0.2, 0.25) is 0 Å². The summed E-state index contributed by atoms with van der Waals surface area (Å²) in [6, 6.07) is 9.10. The van der Waals surface area contributed by atoms with E-state index in [2.05, 4.69) is 40.0 Å². The van der Waals surface area contributed by atoms with E-state index in [1.54, 1.807) is 12.1 Å². The summed E-state index contributed by atoms with van der Waals surface area (Å²) in [6.07, 6.45) is 0.833. The molecular formula is C9H12I2OV. The molecule has 0 bridgehead atoms. The van der Waals surface area contributed by atoms with Gasteiger partial charge < -0.3 is 0 Å². The Morgan fingerprint density at radius 2 is 1.54 bits per heavy atom. The summed E-state index contributed by atoms with van der Waals surface area (Å²) in [5, 5.41) is 0. The predicted molar refractivity (Wildman–Crippen MR) is 71.2 cm³/mol. The van der Waals surface area contributed by atoms with Gasteiger partial charge in [-0.25, -0.2) is 0 Å². The second kappa shape index (κ2) is 15.4. The molecule has 1 rings (SSSR count). The van der Waals surface area contributed by atoms with E-state index in [1.165, 1.54) is 0 Å². The Labute approximate surface area is 109 Å². The third-order valence-electron chi connectivity index (χ3n) is 0.936. The monoisotopic (exact) mass is 441 g/mol. The van der Waals surface area contributed by atoms with E-state index >= 15 is 0 Å². The third-order valence-corrected chi connectivity index (χ3v) is 0.936. The van der Waals surface area contributed by atoms with Crippen LogP contribution in [0.3, 0.4) is 0 Å². The van der Waals surface area contributed by atoms with Crippen molar-refractivity contribution in [2.45, 2.75) is 13.8 Å². The average Bonchev–Trinajstić information content (AvgIpc) is 2.23. The van der Waals surface area contributed by atoms with Gasteiger partial charge in [-0.3, -0.25) is 4.79 Å². The molecule has 0 saturated heterocycles. The number of rotatable bonds is 1. The molecule has 4 heteroatoms. The first kappa shape index (κ1) is 16.4. The molecule has 0 aromatic heterocycles. The van der Waals surface area contributed by atoms with Gasteiger partial charge in [0.05, 0.1) is 0 Å². The fraction of sp³-hybridized carbons (Fsp3) is 0.222. The fourth-order valence-electron chi connectivity index (χ4n) is 0.532. The maximum atomic E-state index is 10.0. The molecule has 0 spiro atoms. The molecule has 0 heterocycles. The van der Waals surface area contributed by atoms with Crippen molar-refractivity contribution in [2.24, 2.45) is 0 Å². The SMILES string of the molecule is CC.O=Cc1ccccc1.[I][V][I]. The summed E-state index contributed by atoms with van der Waals surface area (Å²) >= 11 is 4.74. The van der Waals surface area contributed by atoms with Crippen molar-refractivity contribution in [1.82, 2.24) is 0 Å². The van der Waals surface area contributed by atoms with Gasteiger partial charge in [-0.05, 0) is 0 Å². The Hall–Kier alpha value is 0.934. The second-order valence-corrected chi connectivity index (χ2v) is 13.4. The van der Waals surface area contributed by atoms with Crippen LogP contribution in [0, 0.1) is 0 Å². The summed E-state index contributed by atoms with van der Waals surface area (Å²) in [5.41, 5.74) is 0.729. The van der Waals surface area contributed by atoms with Crippen molar-refractivity contribution in [3.63, 3.8) is 0 Å². The number of carbonyl (C=O) groups excluding carboxylic acids is 1. The Bertz CT molecular complexity index is 192. The van der Waals surface area contributed by atoms with Crippen molar-refractivity contribution in [3.8, 4) is 0 Å². The van der Waals surface area contributed by atoms with Crippen LogP contribution >= 0.6 is 40.0 Å². The van der Waals surface area contributed by atoms with E-state index in [1.807, 2.05) is 32.0 Å². The molecule has 13 heavy (non-hydrogen) atoms. The van der Waals surface area contributed by atoms with Crippen molar-refractivity contribution < 1.29 is 14.3 Å². The number of hydrogen-bond donors (Lipinski definition) is 0. The summed E-state index contributed by atoms with van der Waals surface area (Å²) in [5.74, 6) is 0. The van der Waals surface area contributed by atoms with Crippen LogP contribution in [0.2, 0.25) is 0 Å². The number of benzene rings is 1. The van der Waals surface area contributed by atoms with Gasteiger partial charge in [0.25, 0.3) is 0 Å². The molecule has 0 saturated carbocycles. The summed E-state index contributed by atoms with van der Waals surface area (Å²) in [6.45, 7) is 4.00. The molecule has 0 radical (unpaired) electrons. The van der Waals surface area contributed by atoms with Gasteiger partial charge in [-0.1, -0.05) is 44.2 Å². The number of halogens is 2. The van der Waals surface area contributed by atoms with Crippen LogP contribution in [0.5, 0.6) is 0 Å². The van der Waals surface area contributed by atoms with Crippen LogP contribution in [0.4, 0.5) is 0 Å². The molecule has 0 atom stereocenters. The zero-order valence-corrected chi connectivity index (χ0v) is 13.3. The van der Waals surface area contributed by atoms with E-state index in [0.717, 1.165) is 11.8 Å². The Kier molecular flexibility index (Phi) is 19.4. The van der Waals surface area contributed by atoms with Crippen LogP contribution in [0.1, 0.15) is 24.2 Å². The second-order valence-electron chi connectivity index (χ2n) is 1.59. The molecule has 0 aliphatic rings. The van der Waals surface area contributed by atoms with Crippen LogP contribution in [0.25, 0.3) is 0 Å². The van der Waals surface area contributed by atoms with Gasteiger partial charge in [-0.15, -0.1) is 0 Å². The molecular weight excluding hydrogens is 429 g/mol. The molecule has 73 valence electrons. The molecule has 0 N–H and O–H groups in total. The van der Waals surface area contributed by atoms with Crippen LogP contribution in [-0.4, -0.2) is 6.29 Å².